The third kappa shape index (κ3) is 3.05. The molecule has 140 valence electrons. The van der Waals surface area contributed by atoms with Crippen molar-refractivity contribution in [1.82, 2.24) is 24.8 Å². The Morgan fingerprint density at radius 3 is 2.65 bits per heavy atom. The molecule has 0 spiro atoms. The lowest BCUT2D eigenvalue weighted by Gasteiger charge is -2.32. The molecule has 1 N–H and O–H groups in total. The first-order valence-electron chi connectivity index (χ1n) is 9.41. The van der Waals surface area contributed by atoms with Gasteiger partial charge in [-0.25, -0.2) is 0 Å². The van der Waals surface area contributed by atoms with Crippen LogP contribution in [-0.2, 0) is 0 Å². The summed E-state index contributed by atoms with van der Waals surface area (Å²) in [5, 5.41) is 7.49. The van der Waals surface area contributed by atoms with Crippen molar-refractivity contribution in [1.29, 1.82) is 0 Å². The zero-order valence-corrected chi connectivity index (χ0v) is 15.8. The molecular weight excluding hydrogens is 330 g/mol. The van der Waals surface area contributed by atoms with Crippen molar-refractivity contribution in [3.63, 3.8) is 0 Å². The van der Waals surface area contributed by atoms with E-state index < -0.39 is 0 Å². The predicted octanol–water partition coefficient (Wildman–Crippen LogP) is 1.51. The van der Waals surface area contributed by atoms with Crippen LogP contribution in [0.3, 0.4) is 0 Å². The SMILES string of the molecule is Cc1cc(-n2c(C)cc(C(=O)N3CCC(N4CCNCC4)C3)c2C)no1. The van der Waals surface area contributed by atoms with Crippen LogP contribution in [0.5, 0.6) is 0 Å². The number of hydrogen-bond acceptors (Lipinski definition) is 5. The lowest BCUT2D eigenvalue weighted by Crippen LogP contribution is -2.49. The average molecular weight is 357 g/mol. The second-order valence-electron chi connectivity index (χ2n) is 7.40. The third-order valence-electron chi connectivity index (χ3n) is 5.62. The minimum Gasteiger partial charge on any atom is -0.360 e. The molecule has 26 heavy (non-hydrogen) atoms. The van der Waals surface area contributed by atoms with Crippen LogP contribution >= 0.6 is 0 Å². The maximum atomic E-state index is 13.1. The molecule has 2 fully saturated rings. The van der Waals surface area contributed by atoms with Crippen LogP contribution in [0.15, 0.2) is 16.7 Å². The Labute approximate surface area is 153 Å². The molecule has 4 rings (SSSR count). The molecule has 1 atom stereocenters. The van der Waals surface area contributed by atoms with Crippen molar-refractivity contribution >= 4 is 5.91 Å². The first kappa shape index (κ1) is 17.3. The van der Waals surface area contributed by atoms with Gasteiger partial charge in [-0.15, -0.1) is 0 Å². The predicted molar refractivity (Wildman–Crippen MR) is 98.8 cm³/mol. The van der Waals surface area contributed by atoms with E-state index in [0.29, 0.717) is 6.04 Å². The highest BCUT2D eigenvalue weighted by molar-refractivity contribution is 5.96. The van der Waals surface area contributed by atoms with Crippen LogP contribution in [0.1, 0.15) is 33.9 Å². The molecule has 0 saturated carbocycles. The molecule has 2 aromatic rings. The molecule has 2 saturated heterocycles. The van der Waals surface area contributed by atoms with Crippen LogP contribution in [-0.4, -0.2) is 70.7 Å². The highest BCUT2D eigenvalue weighted by Gasteiger charge is 2.32. The van der Waals surface area contributed by atoms with Crippen LogP contribution in [0, 0.1) is 20.8 Å². The Kier molecular flexibility index (Phi) is 4.58. The summed E-state index contributed by atoms with van der Waals surface area (Å²) in [6, 6.07) is 4.35. The number of nitrogens with zero attached hydrogens (tertiary/aromatic N) is 4. The third-order valence-corrected chi connectivity index (χ3v) is 5.62. The van der Waals surface area contributed by atoms with Gasteiger partial charge in [0.05, 0.1) is 5.56 Å². The lowest BCUT2D eigenvalue weighted by atomic mass is 10.2. The van der Waals surface area contributed by atoms with Gasteiger partial charge in [0.2, 0.25) is 0 Å². The Hall–Kier alpha value is -2.12. The summed E-state index contributed by atoms with van der Waals surface area (Å²) in [5.74, 6) is 1.62. The van der Waals surface area contributed by atoms with Crippen molar-refractivity contribution in [3.8, 4) is 5.82 Å². The minimum atomic E-state index is 0.127. The van der Waals surface area contributed by atoms with Gasteiger partial charge in [-0.2, -0.15) is 0 Å². The standard InChI is InChI=1S/C19H27N5O2/c1-13-10-17(15(3)24(13)18-11-14(2)26-21-18)19(25)23-7-4-16(12-23)22-8-5-20-6-9-22/h10-11,16,20H,4-9,12H2,1-3H3. The molecule has 0 aliphatic carbocycles. The normalized spacial score (nSPS) is 21.5. The summed E-state index contributed by atoms with van der Waals surface area (Å²) in [5.41, 5.74) is 2.69. The molecular formula is C19H27N5O2. The first-order valence-corrected chi connectivity index (χ1v) is 9.41. The van der Waals surface area contributed by atoms with E-state index in [1.165, 1.54) is 0 Å². The second kappa shape index (κ2) is 6.89. The van der Waals surface area contributed by atoms with Gasteiger partial charge < -0.3 is 14.7 Å². The lowest BCUT2D eigenvalue weighted by molar-refractivity contribution is 0.0772. The summed E-state index contributed by atoms with van der Waals surface area (Å²) in [6.07, 6.45) is 1.06. The highest BCUT2D eigenvalue weighted by atomic mass is 16.5. The number of amides is 1. The summed E-state index contributed by atoms with van der Waals surface area (Å²) in [6.45, 7) is 11.8. The molecule has 7 heteroatoms. The van der Waals surface area contributed by atoms with Crippen molar-refractivity contribution in [3.05, 3.63) is 34.8 Å². The molecule has 2 aliphatic heterocycles. The second-order valence-corrected chi connectivity index (χ2v) is 7.40. The molecule has 1 unspecified atom stereocenters. The van der Waals surface area contributed by atoms with Gasteiger partial charge in [0, 0.05) is 62.8 Å². The summed E-state index contributed by atoms with van der Waals surface area (Å²) in [4.78, 5) is 17.7. The summed E-state index contributed by atoms with van der Waals surface area (Å²) < 4.78 is 7.20. The number of rotatable bonds is 3. The van der Waals surface area contributed by atoms with E-state index in [9.17, 15) is 4.79 Å². The number of piperazine rings is 1. The van der Waals surface area contributed by atoms with Crippen LogP contribution in [0.4, 0.5) is 0 Å². The van der Waals surface area contributed by atoms with Gasteiger partial charge in [-0.3, -0.25) is 14.3 Å². The number of aryl methyl sites for hydroxylation is 2. The molecule has 4 heterocycles. The topological polar surface area (TPSA) is 66.5 Å². The highest BCUT2D eigenvalue weighted by Crippen LogP contribution is 2.24. The Morgan fingerprint density at radius 2 is 1.96 bits per heavy atom. The van der Waals surface area contributed by atoms with Gasteiger partial charge in [0.25, 0.3) is 5.91 Å². The Morgan fingerprint density at radius 1 is 1.19 bits per heavy atom. The molecule has 2 aromatic heterocycles. The molecule has 1 amide bonds. The van der Waals surface area contributed by atoms with Crippen molar-refractivity contribution in [2.75, 3.05) is 39.3 Å². The van der Waals surface area contributed by atoms with E-state index in [-0.39, 0.29) is 5.91 Å². The molecule has 0 aromatic carbocycles. The fourth-order valence-electron chi connectivity index (χ4n) is 4.23. The Balaban J connectivity index is 1.52. The number of carbonyl (C=O) groups excluding carboxylic acids is 1. The van der Waals surface area contributed by atoms with E-state index in [1.807, 2.05) is 42.4 Å². The number of aromatic nitrogens is 2. The van der Waals surface area contributed by atoms with Gasteiger partial charge in [-0.05, 0) is 33.3 Å². The van der Waals surface area contributed by atoms with Crippen LogP contribution in [0.2, 0.25) is 0 Å². The molecule has 7 nitrogen and oxygen atoms in total. The van der Waals surface area contributed by atoms with Crippen molar-refractivity contribution in [2.24, 2.45) is 0 Å². The quantitative estimate of drug-likeness (QED) is 0.902. The maximum absolute atomic E-state index is 13.1. The zero-order valence-electron chi connectivity index (χ0n) is 15.8. The molecule has 0 bridgehead atoms. The first-order chi connectivity index (χ1) is 12.5. The van der Waals surface area contributed by atoms with Gasteiger partial charge in [0.15, 0.2) is 5.82 Å². The Bertz CT molecular complexity index is 803. The number of nitrogens with one attached hydrogen (secondary N) is 1. The van der Waals surface area contributed by atoms with Gasteiger partial charge in [-0.1, -0.05) is 5.16 Å². The van der Waals surface area contributed by atoms with E-state index in [2.05, 4.69) is 15.4 Å². The largest absolute Gasteiger partial charge is 0.360 e. The zero-order chi connectivity index (χ0) is 18.3. The smallest absolute Gasteiger partial charge is 0.255 e. The van der Waals surface area contributed by atoms with Crippen molar-refractivity contribution in [2.45, 2.75) is 33.2 Å². The number of hydrogen-bond donors (Lipinski definition) is 1. The van der Waals surface area contributed by atoms with E-state index >= 15 is 0 Å². The van der Waals surface area contributed by atoms with E-state index in [0.717, 1.165) is 74.2 Å². The molecule has 0 radical (unpaired) electrons. The maximum Gasteiger partial charge on any atom is 0.255 e. The number of likely N-dealkylation sites (tertiary alicyclic amines) is 1. The van der Waals surface area contributed by atoms with Crippen LogP contribution < -0.4 is 5.32 Å². The number of carbonyl (C=O) groups is 1. The fourth-order valence-corrected chi connectivity index (χ4v) is 4.23. The van der Waals surface area contributed by atoms with E-state index in [1.54, 1.807) is 0 Å². The van der Waals surface area contributed by atoms with Gasteiger partial charge >= 0.3 is 0 Å². The van der Waals surface area contributed by atoms with Crippen LogP contribution in [0.25, 0.3) is 5.82 Å². The summed E-state index contributed by atoms with van der Waals surface area (Å²) in [7, 11) is 0. The van der Waals surface area contributed by atoms with E-state index in [4.69, 9.17) is 4.52 Å². The van der Waals surface area contributed by atoms with Crippen molar-refractivity contribution < 1.29 is 9.32 Å². The average Bonchev–Trinajstić information content (AvgIpc) is 3.35. The minimum absolute atomic E-state index is 0.127. The summed E-state index contributed by atoms with van der Waals surface area (Å²) >= 11 is 0. The van der Waals surface area contributed by atoms with Gasteiger partial charge in [0.1, 0.15) is 5.76 Å². The fraction of sp³-hybridized carbons (Fsp3) is 0.579. The molecule has 2 aliphatic rings. The monoisotopic (exact) mass is 357 g/mol.